The summed E-state index contributed by atoms with van der Waals surface area (Å²) in [5, 5.41) is 33.4. The van der Waals surface area contributed by atoms with Crippen LogP contribution in [0.15, 0.2) is 36.9 Å². The van der Waals surface area contributed by atoms with Gasteiger partial charge in [-0.15, -0.1) is 6.58 Å². The van der Waals surface area contributed by atoms with Crippen molar-refractivity contribution in [1.82, 2.24) is 10.2 Å². The molecule has 2 fully saturated rings. The monoisotopic (exact) mass is 386 g/mol. The van der Waals surface area contributed by atoms with Crippen LogP contribution in [0, 0.1) is 17.2 Å². The van der Waals surface area contributed by atoms with E-state index in [2.05, 4.69) is 18.0 Å². The molecule has 1 aliphatic carbocycles. The SMILES string of the molecule is C=CCN(C)C(=O)[C@H]1C[C@@H](O)[C@H](O)[C@H]2NC(=S)N(c3cccc(C#N)c3)[C@@H]21. The second-order valence-corrected chi connectivity index (χ2v) is 7.29. The van der Waals surface area contributed by atoms with Crippen LogP contribution in [0.4, 0.5) is 5.69 Å². The molecule has 0 bridgehead atoms. The first kappa shape index (κ1) is 19.3. The third-order valence-corrected chi connectivity index (χ3v) is 5.51. The number of carbonyl (C=O) groups excluding carboxylic acids is 1. The van der Waals surface area contributed by atoms with Gasteiger partial charge in [-0.3, -0.25) is 4.79 Å². The summed E-state index contributed by atoms with van der Waals surface area (Å²) in [7, 11) is 1.68. The van der Waals surface area contributed by atoms with Crippen LogP contribution in [0.2, 0.25) is 0 Å². The molecule has 1 amide bonds. The number of hydrogen-bond acceptors (Lipinski definition) is 5. The third kappa shape index (κ3) is 3.41. The number of carbonyl (C=O) groups is 1. The Labute approximate surface area is 163 Å². The van der Waals surface area contributed by atoms with Gasteiger partial charge in [0.1, 0.15) is 6.10 Å². The van der Waals surface area contributed by atoms with Crippen LogP contribution in [0.3, 0.4) is 0 Å². The van der Waals surface area contributed by atoms with E-state index in [-0.39, 0.29) is 12.3 Å². The zero-order chi connectivity index (χ0) is 19.7. The van der Waals surface area contributed by atoms with Gasteiger partial charge in [0.2, 0.25) is 5.91 Å². The fourth-order valence-electron chi connectivity index (χ4n) is 3.92. The van der Waals surface area contributed by atoms with Crippen molar-refractivity contribution in [2.45, 2.75) is 30.7 Å². The van der Waals surface area contributed by atoms with Gasteiger partial charge in [-0.2, -0.15) is 5.26 Å². The third-order valence-electron chi connectivity index (χ3n) is 5.19. The van der Waals surface area contributed by atoms with Crippen molar-refractivity contribution in [3.8, 4) is 6.07 Å². The average Bonchev–Trinajstić information content (AvgIpc) is 3.01. The maximum absolute atomic E-state index is 13.0. The molecule has 1 heterocycles. The van der Waals surface area contributed by atoms with Gasteiger partial charge < -0.3 is 25.3 Å². The lowest BCUT2D eigenvalue weighted by Crippen LogP contribution is -2.61. The number of likely N-dealkylation sites (N-methyl/N-ethyl adjacent to an activating group) is 1. The first-order valence-electron chi connectivity index (χ1n) is 8.71. The van der Waals surface area contributed by atoms with Crippen molar-refractivity contribution in [3.63, 3.8) is 0 Å². The minimum Gasteiger partial charge on any atom is -0.390 e. The van der Waals surface area contributed by atoms with E-state index in [0.717, 1.165) is 0 Å². The number of aliphatic hydroxyl groups is 2. The molecule has 8 heteroatoms. The van der Waals surface area contributed by atoms with Crippen molar-refractivity contribution in [1.29, 1.82) is 5.26 Å². The average molecular weight is 386 g/mol. The number of fused-ring (bicyclic) bond motifs is 1. The van der Waals surface area contributed by atoms with Crippen LogP contribution < -0.4 is 10.2 Å². The van der Waals surface area contributed by atoms with E-state index >= 15 is 0 Å². The van der Waals surface area contributed by atoms with Crippen LogP contribution in [-0.2, 0) is 4.79 Å². The predicted molar refractivity (Wildman–Crippen MR) is 105 cm³/mol. The molecule has 5 atom stereocenters. The Kier molecular flexibility index (Phi) is 5.46. The van der Waals surface area contributed by atoms with Gasteiger partial charge in [0.25, 0.3) is 0 Å². The minimum atomic E-state index is -1.05. The Hall–Kier alpha value is -2.47. The summed E-state index contributed by atoms with van der Waals surface area (Å²) in [4.78, 5) is 16.3. The molecule has 3 rings (SSSR count). The highest BCUT2D eigenvalue weighted by atomic mass is 32.1. The molecular formula is C19H22N4O3S. The van der Waals surface area contributed by atoms with Crippen LogP contribution in [0.5, 0.6) is 0 Å². The van der Waals surface area contributed by atoms with E-state index in [0.29, 0.717) is 22.9 Å². The zero-order valence-corrected chi connectivity index (χ0v) is 15.8. The lowest BCUT2D eigenvalue weighted by atomic mass is 9.77. The van der Waals surface area contributed by atoms with Crippen molar-refractivity contribution in [3.05, 3.63) is 42.5 Å². The van der Waals surface area contributed by atoms with Gasteiger partial charge in [0.05, 0.1) is 35.7 Å². The van der Waals surface area contributed by atoms with E-state index in [1.54, 1.807) is 41.1 Å². The van der Waals surface area contributed by atoms with E-state index in [1.807, 2.05) is 6.07 Å². The molecule has 0 unspecified atom stereocenters. The minimum absolute atomic E-state index is 0.126. The van der Waals surface area contributed by atoms with Crippen molar-refractivity contribution >= 4 is 28.9 Å². The van der Waals surface area contributed by atoms with Crippen LogP contribution in [0.25, 0.3) is 0 Å². The largest absolute Gasteiger partial charge is 0.390 e. The summed E-state index contributed by atoms with van der Waals surface area (Å²) >= 11 is 5.46. The van der Waals surface area contributed by atoms with Gasteiger partial charge in [-0.25, -0.2) is 0 Å². The Morgan fingerprint density at radius 2 is 2.30 bits per heavy atom. The first-order chi connectivity index (χ1) is 12.9. The molecule has 27 heavy (non-hydrogen) atoms. The summed E-state index contributed by atoms with van der Waals surface area (Å²) in [6.45, 7) is 4.04. The number of aliphatic hydroxyl groups excluding tert-OH is 2. The zero-order valence-electron chi connectivity index (χ0n) is 14.9. The summed E-state index contributed by atoms with van der Waals surface area (Å²) in [6.07, 6.45) is -0.319. The molecule has 1 saturated carbocycles. The normalized spacial score (nSPS) is 29.5. The van der Waals surface area contributed by atoms with Gasteiger partial charge in [0, 0.05) is 19.3 Å². The highest BCUT2D eigenvalue weighted by Gasteiger charge is 2.54. The second kappa shape index (κ2) is 7.64. The Morgan fingerprint density at radius 3 is 2.96 bits per heavy atom. The molecule has 0 radical (unpaired) electrons. The molecule has 142 valence electrons. The van der Waals surface area contributed by atoms with E-state index in [9.17, 15) is 20.3 Å². The number of rotatable bonds is 4. The van der Waals surface area contributed by atoms with E-state index in [1.165, 1.54) is 0 Å². The maximum atomic E-state index is 13.0. The van der Waals surface area contributed by atoms with Gasteiger partial charge in [0.15, 0.2) is 5.11 Å². The molecular weight excluding hydrogens is 364 g/mol. The number of nitrogens with one attached hydrogen (secondary N) is 1. The number of nitriles is 1. The van der Waals surface area contributed by atoms with Gasteiger partial charge in [-0.05, 0) is 36.8 Å². The van der Waals surface area contributed by atoms with Crippen molar-refractivity contribution in [2.75, 3.05) is 18.5 Å². The number of nitrogens with zero attached hydrogens (tertiary/aromatic N) is 3. The molecule has 1 aromatic rings. The fourth-order valence-corrected chi connectivity index (χ4v) is 4.28. The Bertz CT molecular complexity index is 808. The summed E-state index contributed by atoms with van der Waals surface area (Å²) < 4.78 is 0. The summed E-state index contributed by atoms with van der Waals surface area (Å²) in [6, 6.07) is 7.99. The number of anilines is 1. The van der Waals surface area contributed by atoms with E-state index < -0.39 is 30.2 Å². The molecule has 0 aromatic heterocycles. The molecule has 0 spiro atoms. The number of hydrogen-bond donors (Lipinski definition) is 3. The molecule has 1 aliphatic heterocycles. The molecule has 7 nitrogen and oxygen atoms in total. The lowest BCUT2D eigenvalue weighted by Gasteiger charge is -2.42. The highest BCUT2D eigenvalue weighted by molar-refractivity contribution is 7.80. The quantitative estimate of drug-likeness (QED) is 0.508. The molecule has 3 N–H and O–H groups in total. The molecule has 1 aromatic carbocycles. The van der Waals surface area contributed by atoms with Crippen molar-refractivity contribution in [2.24, 2.45) is 5.92 Å². The molecule has 1 saturated heterocycles. The van der Waals surface area contributed by atoms with Gasteiger partial charge >= 0.3 is 0 Å². The smallest absolute Gasteiger partial charge is 0.227 e. The highest BCUT2D eigenvalue weighted by Crippen LogP contribution is 2.37. The van der Waals surface area contributed by atoms with Crippen LogP contribution in [0.1, 0.15) is 12.0 Å². The fraction of sp³-hybridized carbons (Fsp3) is 0.421. The van der Waals surface area contributed by atoms with Gasteiger partial charge in [-0.1, -0.05) is 12.1 Å². The first-order valence-corrected chi connectivity index (χ1v) is 9.11. The number of thiocarbonyl (C=S) groups is 1. The maximum Gasteiger partial charge on any atom is 0.227 e. The number of amides is 1. The lowest BCUT2D eigenvalue weighted by molar-refractivity contribution is -0.139. The molecule has 2 aliphatic rings. The second-order valence-electron chi connectivity index (χ2n) is 6.91. The van der Waals surface area contributed by atoms with E-state index in [4.69, 9.17) is 12.2 Å². The van der Waals surface area contributed by atoms with Crippen molar-refractivity contribution < 1.29 is 15.0 Å². The topological polar surface area (TPSA) is 99.8 Å². The summed E-state index contributed by atoms with van der Waals surface area (Å²) in [5.41, 5.74) is 1.15. The number of benzene rings is 1. The Morgan fingerprint density at radius 1 is 1.56 bits per heavy atom. The Balaban J connectivity index is 2.02. The summed E-state index contributed by atoms with van der Waals surface area (Å²) in [5.74, 6) is -0.721. The standard InChI is InChI=1S/C19H22N4O3S/c1-3-7-22(2)18(26)13-9-14(24)17(25)15-16(13)23(19(27)21-15)12-6-4-5-11(8-12)10-20/h3-6,8,13-17,24-25H,1,7,9H2,2H3,(H,21,27)/t13-,14+,15-,16+,17-/m0/s1. The predicted octanol–water partition coefficient (Wildman–Crippen LogP) is 0.376. The van der Waals surface area contributed by atoms with Crippen LogP contribution >= 0.6 is 12.2 Å². The van der Waals surface area contributed by atoms with Crippen LogP contribution in [-0.4, -0.2) is 64.0 Å².